The second kappa shape index (κ2) is 8.81. The fraction of sp³-hybridized carbons (Fsp3) is 0.167. The number of aromatic amines is 1. The molecule has 1 aromatic carbocycles. The highest BCUT2D eigenvalue weighted by molar-refractivity contribution is 7.99. The predicted octanol–water partition coefficient (Wildman–Crippen LogP) is 2.72. The Morgan fingerprint density at radius 3 is 2.71 bits per heavy atom. The molecule has 0 atom stereocenters. The number of rotatable bonds is 6. The zero-order valence-corrected chi connectivity index (χ0v) is 16.6. The molecule has 0 radical (unpaired) electrons. The van der Waals surface area contributed by atoms with Crippen LogP contribution < -0.4 is 10.9 Å². The summed E-state index contributed by atoms with van der Waals surface area (Å²) in [7, 11) is 1.29. The minimum atomic E-state index is -0.496. The van der Waals surface area contributed by atoms with E-state index in [0.29, 0.717) is 26.6 Å². The molecular weight excluding hydrogens is 400 g/mol. The Morgan fingerprint density at radius 1 is 1.25 bits per heavy atom. The van der Waals surface area contributed by atoms with Crippen molar-refractivity contribution < 1.29 is 14.3 Å². The van der Waals surface area contributed by atoms with Crippen LogP contribution in [-0.4, -0.2) is 39.7 Å². The number of thiazole rings is 1. The number of methoxy groups -OCH3 is 1. The molecule has 0 aliphatic heterocycles. The molecule has 2 heterocycles. The second-order valence-electron chi connectivity index (χ2n) is 5.56. The summed E-state index contributed by atoms with van der Waals surface area (Å²) in [6.45, 7) is 1.66. The normalized spacial score (nSPS) is 10.5. The van der Waals surface area contributed by atoms with Gasteiger partial charge in [-0.25, -0.2) is 14.8 Å². The van der Waals surface area contributed by atoms with Crippen molar-refractivity contribution in [1.29, 1.82) is 0 Å². The number of aryl methyl sites for hydroxylation is 1. The van der Waals surface area contributed by atoms with Crippen molar-refractivity contribution >= 4 is 40.1 Å². The standard InChI is InChI=1S/C18H16N4O4S2/c1-10-15(16(25)26-2)28-18(19-10)22-14(24)9-27-17-20-12(8-13(23)21-17)11-6-4-3-5-7-11/h3-8H,9H2,1-2H3,(H,19,22,24)(H,20,21,23). The fourth-order valence-corrected chi connectivity index (χ4v) is 3.86. The highest BCUT2D eigenvalue weighted by Gasteiger charge is 2.17. The highest BCUT2D eigenvalue weighted by Crippen LogP contribution is 2.24. The van der Waals surface area contributed by atoms with Gasteiger partial charge in [-0.05, 0) is 6.92 Å². The molecule has 144 valence electrons. The van der Waals surface area contributed by atoms with Crippen LogP contribution in [0.15, 0.2) is 46.3 Å². The lowest BCUT2D eigenvalue weighted by molar-refractivity contribution is -0.113. The highest BCUT2D eigenvalue weighted by atomic mass is 32.2. The van der Waals surface area contributed by atoms with Crippen molar-refractivity contribution in [3.05, 3.63) is 57.3 Å². The van der Waals surface area contributed by atoms with E-state index in [-0.39, 0.29) is 17.2 Å². The number of nitrogens with zero attached hydrogens (tertiary/aromatic N) is 2. The molecule has 1 amide bonds. The number of nitrogens with one attached hydrogen (secondary N) is 2. The van der Waals surface area contributed by atoms with Crippen LogP contribution in [-0.2, 0) is 9.53 Å². The molecule has 0 spiro atoms. The van der Waals surface area contributed by atoms with Crippen LogP contribution in [0.4, 0.5) is 5.13 Å². The van der Waals surface area contributed by atoms with Crippen LogP contribution in [0.3, 0.4) is 0 Å². The van der Waals surface area contributed by atoms with E-state index in [0.717, 1.165) is 28.7 Å². The van der Waals surface area contributed by atoms with Gasteiger partial charge in [0, 0.05) is 11.6 Å². The topological polar surface area (TPSA) is 114 Å². The molecule has 0 fully saturated rings. The van der Waals surface area contributed by atoms with Gasteiger partial charge in [0.2, 0.25) is 5.91 Å². The summed E-state index contributed by atoms with van der Waals surface area (Å²) in [6.07, 6.45) is 0. The Labute approximate surface area is 168 Å². The number of thioether (sulfide) groups is 1. The van der Waals surface area contributed by atoms with Gasteiger partial charge in [0.25, 0.3) is 5.56 Å². The fourth-order valence-electron chi connectivity index (χ4n) is 2.28. The summed E-state index contributed by atoms with van der Waals surface area (Å²) in [5.41, 5.74) is 1.54. The number of amides is 1. The summed E-state index contributed by atoms with van der Waals surface area (Å²) >= 11 is 2.14. The average Bonchev–Trinajstić information content (AvgIpc) is 3.06. The summed E-state index contributed by atoms with van der Waals surface area (Å²) in [5, 5.41) is 3.28. The van der Waals surface area contributed by atoms with E-state index < -0.39 is 5.97 Å². The zero-order valence-electron chi connectivity index (χ0n) is 15.0. The van der Waals surface area contributed by atoms with E-state index in [1.165, 1.54) is 13.2 Å². The molecule has 2 aromatic heterocycles. The smallest absolute Gasteiger partial charge is 0.350 e. The largest absolute Gasteiger partial charge is 0.465 e. The third-order valence-electron chi connectivity index (χ3n) is 3.54. The molecule has 0 saturated carbocycles. The van der Waals surface area contributed by atoms with Gasteiger partial charge in [0.15, 0.2) is 10.3 Å². The minimum Gasteiger partial charge on any atom is -0.465 e. The summed E-state index contributed by atoms with van der Waals surface area (Å²) < 4.78 is 4.67. The predicted molar refractivity (Wildman–Crippen MR) is 108 cm³/mol. The van der Waals surface area contributed by atoms with Crippen molar-refractivity contribution in [1.82, 2.24) is 15.0 Å². The molecule has 8 nitrogen and oxygen atoms in total. The first-order valence-electron chi connectivity index (χ1n) is 8.11. The van der Waals surface area contributed by atoms with Crippen LogP contribution in [0.2, 0.25) is 0 Å². The summed E-state index contributed by atoms with van der Waals surface area (Å²) in [6, 6.07) is 10.7. The molecule has 0 aliphatic rings. The number of ether oxygens (including phenoxy) is 1. The van der Waals surface area contributed by atoms with E-state index >= 15 is 0 Å². The van der Waals surface area contributed by atoms with Gasteiger partial charge in [-0.15, -0.1) is 0 Å². The van der Waals surface area contributed by atoms with Crippen molar-refractivity contribution in [2.45, 2.75) is 12.1 Å². The van der Waals surface area contributed by atoms with Crippen molar-refractivity contribution in [2.75, 3.05) is 18.2 Å². The van der Waals surface area contributed by atoms with Crippen molar-refractivity contribution in [2.24, 2.45) is 0 Å². The Balaban J connectivity index is 1.66. The van der Waals surface area contributed by atoms with Crippen LogP contribution in [0.5, 0.6) is 0 Å². The molecule has 3 rings (SSSR count). The van der Waals surface area contributed by atoms with Gasteiger partial charge in [-0.3, -0.25) is 9.59 Å². The molecule has 28 heavy (non-hydrogen) atoms. The molecule has 0 aliphatic carbocycles. The second-order valence-corrected chi connectivity index (χ2v) is 7.53. The number of hydrogen-bond acceptors (Lipinski definition) is 8. The Bertz CT molecular complexity index is 1060. The Morgan fingerprint density at radius 2 is 2.00 bits per heavy atom. The van der Waals surface area contributed by atoms with Gasteiger partial charge < -0.3 is 15.0 Å². The SMILES string of the molecule is COC(=O)c1sc(NC(=O)CSc2nc(-c3ccccc3)cc(=O)[nH]2)nc1C. The molecule has 2 N–H and O–H groups in total. The molecular formula is C18H16N4O4S2. The first kappa shape index (κ1) is 19.8. The van der Waals surface area contributed by atoms with Gasteiger partial charge in [0.1, 0.15) is 4.88 Å². The number of carbonyl (C=O) groups is 2. The van der Waals surface area contributed by atoms with Crippen molar-refractivity contribution in [3.8, 4) is 11.3 Å². The maximum absolute atomic E-state index is 12.2. The van der Waals surface area contributed by atoms with E-state index in [1.54, 1.807) is 6.92 Å². The van der Waals surface area contributed by atoms with E-state index in [4.69, 9.17) is 0 Å². The lowest BCUT2D eigenvalue weighted by Gasteiger charge is -2.04. The molecule has 0 bridgehead atoms. The van der Waals surface area contributed by atoms with Crippen molar-refractivity contribution in [3.63, 3.8) is 0 Å². The van der Waals surface area contributed by atoms with Gasteiger partial charge in [0.05, 0.1) is 24.3 Å². The van der Waals surface area contributed by atoms with E-state index in [9.17, 15) is 14.4 Å². The van der Waals surface area contributed by atoms with Crippen LogP contribution in [0, 0.1) is 6.92 Å². The number of hydrogen-bond donors (Lipinski definition) is 2. The number of anilines is 1. The zero-order chi connectivity index (χ0) is 20.1. The van der Waals surface area contributed by atoms with Crippen LogP contribution in [0.1, 0.15) is 15.4 Å². The lowest BCUT2D eigenvalue weighted by Crippen LogP contribution is -2.15. The first-order valence-corrected chi connectivity index (χ1v) is 9.91. The summed E-state index contributed by atoms with van der Waals surface area (Å²) in [4.78, 5) is 47.2. The van der Waals surface area contributed by atoms with E-state index in [2.05, 4.69) is 25.0 Å². The number of benzene rings is 1. The van der Waals surface area contributed by atoms with Crippen LogP contribution >= 0.6 is 23.1 Å². The number of H-pyrrole nitrogens is 1. The minimum absolute atomic E-state index is 0.0212. The monoisotopic (exact) mass is 416 g/mol. The lowest BCUT2D eigenvalue weighted by atomic mass is 10.1. The average molecular weight is 416 g/mol. The number of esters is 1. The number of carbonyl (C=O) groups excluding carboxylic acids is 2. The Kier molecular flexibility index (Phi) is 6.22. The quantitative estimate of drug-likeness (QED) is 0.361. The molecule has 0 saturated heterocycles. The molecule has 3 aromatic rings. The third-order valence-corrected chi connectivity index (χ3v) is 5.47. The molecule has 10 heteroatoms. The first-order chi connectivity index (χ1) is 13.5. The number of aromatic nitrogens is 3. The third kappa shape index (κ3) is 4.84. The maximum atomic E-state index is 12.2. The van der Waals surface area contributed by atoms with Gasteiger partial charge in [-0.1, -0.05) is 53.4 Å². The Hall–Kier alpha value is -2.98. The maximum Gasteiger partial charge on any atom is 0.350 e. The molecule has 0 unspecified atom stereocenters. The van der Waals surface area contributed by atoms with Gasteiger partial charge >= 0.3 is 5.97 Å². The van der Waals surface area contributed by atoms with E-state index in [1.807, 2.05) is 30.3 Å². The van der Waals surface area contributed by atoms with Gasteiger partial charge in [-0.2, -0.15) is 0 Å². The van der Waals surface area contributed by atoms with Crippen LogP contribution in [0.25, 0.3) is 11.3 Å². The summed E-state index contributed by atoms with van der Waals surface area (Å²) in [5.74, 6) is -0.805.